The molecule has 0 N–H and O–H groups in total. The van der Waals surface area contributed by atoms with Crippen molar-refractivity contribution in [2.75, 3.05) is 13.4 Å². The van der Waals surface area contributed by atoms with E-state index in [9.17, 15) is 13.2 Å². The van der Waals surface area contributed by atoms with Crippen molar-refractivity contribution in [2.24, 2.45) is 0 Å². The second-order valence-electron chi connectivity index (χ2n) is 3.33. The van der Waals surface area contributed by atoms with Crippen molar-refractivity contribution < 1.29 is 17.9 Å². The molecule has 0 aromatic heterocycles. The van der Waals surface area contributed by atoms with Crippen molar-refractivity contribution in [3.63, 3.8) is 0 Å². The number of sulfone groups is 1. The van der Waals surface area contributed by atoms with Gasteiger partial charge in [0, 0.05) is 16.1 Å². The summed E-state index contributed by atoms with van der Waals surface area (Å²) in [5.74, 6) is -0.572. The lowest BCUT2D eigenvalue weighted by Gasteiger charge is -2.10. The van der Waals surface area contributed by atoms with Crippen LogP contribution in [0.4, 0.5) is 0 Å². The molecule has 0 aliphatic rings. The second-order valence-corrected chi connectivity index (χ2v) is 6.73. The van der Waals surface area contributed by atoms with Gasteiger partial charge in [-0.3, -0.25) is 0 Å². The molecule has 1 rings (SSSR count). The number of alkyl halides is 1. The number of methoxy groups -OCH3 is 1. The van der Waals surface area contributed by atoms with Crippen LogP contribution in [-0.2, 0) is 19.9 Å². The van der Waals surface area contributed by atoms with Gasteiger partial charge < -0.3 is 4.74 Å². The molecule has 0 amide bonds. The number of carbonyl (C=O) groups excluding carboxylic acids is 1. The van der Waals surface area contributed by atoms with Crippen molar-refractivity contribution in [2.45, 2.75) is 10.2 Å². The highest BCUT2D eigenvalue weighted by Gasteiger charge is 2.19. The fourth-order valence-electron chi connectivity index (χ4n) is 1.31. The fraction of sp³-hybridized carbons (Fsp3) is 0.300. The summed E-state index contributed by atoms with van der Waals surface area (Å²) < 4.78 is 28.4. The first-order valence-corrected chi connectivity index (χ1v) is 8.28. The SMILES string of the molecule is COC(=O)c1cc(Br)c(CBr)c(S(C)(=O)=O)c1. The molecule has 0 heterocycles. The summed E-state index contributed by atoms with van der Waals surface area (Å²) in [6.07, 6.45) is 1.10. The molecule has 0 bridgehead atoms. The number of esters is 1. The Morgan fingerprint density at radius 1 is 1.41 bits per heavy atom. The van der Waals surface area contributed by atoms with Crippen LogP contribution in [0, 0.1) is 0 Å². The smallest absolute Gasteiger partial charge is 0.337 e. The first-order valence-electron chi connectivity index (χ1n) is 4.48. The van der Waals surface area contributed by atoms with E-state index in [0.717, 1.165) is 6.26 Å². The van der Waals surface area contributed by atoms with E-state index in [4.69, 9.17) is 0 Å². The molecule has 0 saturated heterocycles. The Bertz CT molecular complexity index is 552. The van der Waals surface area contributed by atoms with E-state index in [1.807, 2.05) is 0 Å². The van der Waals surface area contributed by atoms with Crippen molar-refractivity contribution in [1.29, 1.82) is 0 Å². The number of hydrogen-bond acceptors (Lipinski definition) is 4. The van der Waals surface area contributed by atoms with Gasteiger partial charge in [-0.05, 0) is 17.7 Å². The number of hydrogen-bond donors (Lipinski definition) is 0. The van der Waals surface area contributed by atoms with Crippen LogP contribution >= 0.6 is 31.9 Å². The highest BCUT2D eigenvalue weighted by Crippen LogP contribution is 2.28. The summed E-state index contributed by atoms with van der Waals surface area (Å²) in [5.41, 5.74) is 0.782. The molecular weight excluding hydrogens is 376 g/mol. The molecule has 94 valence electrons. The largest absolute Gasteiger partial charge is 0.465 e. The van der Waals surface area contributed by atoms with Crippen LogP contribution in [0.3, 0.4) is 0 Å². The first kappa shape index (κ1) is 14.7. The van der Waals surface area contributed by atoms with Gasteiger partial charge in [-0.25, -0.2) is 13.2 Å². The average molecular weight is 386 g/mol. The lowest BCUT2D eigenvalue weighted by Crippen LogP contribution is -2.07. The van der Waals surface area contributed by atoms with Crippen LogP contribution in [-0.4, -0.2) is 27.8 Å². The molecule has 0 saturated carbocycles. The van der Waals surface area contributed by atoms with Crippen LogP contribution in [0.2, 0.25) is 0 Å². The van der Waals surface area contributed by atoms with Gasteiger partial charge in [-0.15, -0.1) is 0 Å². The van der Waals surface area contributed by atoms with Crippen molar-refractivity contribution >= 4 is 47.7 Å². The second kappa shape index (κ2) is 5.49. The third-order valence-electron chi connectivity index (χ3n) is 2.11. The van der Waals surface area contributed by atoms with Crippen molar-refractivity contribution in [1.82, 2.24) is 0 Å². The van der Waals surface area contributed by atoms with Crippen LogP contribution < -0.4 is 0 Å². The molecule has 0 fully saturated rings. The monoisotopic (exact) mass is 384 g/mol. The molecule has 0 aliphatic carbocycles. The van der Waals surface area contributed by atoms with Gasteiger partial charge in [0.2, 0.25) is 0 Å². The zero-order valence-electron chi connectivity index (χ0n) is 9.16. The van der Waals surface area contributed by atoms with E-state index in [-0.39, 0.29) is 10.5 Å². The normalized spacial score (nSPS) is 11.3. The third-order valence-corrected chi connectivity index (χ3v) is 4.54. The minimum Gasteiger partial charge on any atom is -0.465 e. The van der Waals surface area contributed by atoms with Crippen LogP contribution in [0.1, 0.15) is 15.9 Å². The summed E-state index contributed by atoms with van der Waals surface area (Å²) >= 11 is 6.47. The quantitative estimate of drug-likeness (QED) is 0.592. The third kappa shape index (κ3) is 3.29. The maximum atomic E-state index is 11.6. The van der Waals surface area contributed by atoms with Gasteiger partial charge in [0.15, 0.2) is 9.84 Å². The minimum absolute atomic E-state index is 0.115. The molecule has 4 nitrogen and oxygen atoms in total. The molecule has 1 aromatic carbocycles. The Hall–Kier alpha value is -0.400. The zero-order chi connectivity index (χ0) is 13.2. The Labute approximate surface area is 117 Å². The maximum Gasteiger partial charge on any atom is 0.337 e. The van der Waals surface area contributed by atoms with Gasteiger partial charge in [-0.1, -0.05) is 31.9 Å². The molecule has 0 atom stereocenters. The zero-order valence-corrected chi connectivity index (χ0v) is 13.1. The predicted octanol–water partition coefficient (Wildman–Crippen LogP) is 2.53. The molecule has 0 unspecified atom stereocenters. The van der Waals surface area contributed by atoms with Gasteiger partial charge >= 0.3 is 5.97 Å². The van der Waals surface area contributed by atoms with Crippen molar-refractivity contribution in [3.05, 3.63) is 27.7 Å². The van der Waals surface area contributed by atoms with Crippen molar-refractivity contribution in [3.8, 4) is 0 Å². The predicted molar refractivity (Wildman–Crippen MR) is 71.2 cm³/mol. The van der Waals surface area contributed by atoms with E-state index < -0.39 is 15.8 Å². The highest BCUT2D eigenvalue weighted by molar-refractivity contribution is 9.10. The van der Waals surface area contributed by atoms with E-state index >= 15 is 0 Å². The molecule has 7 heteroatoms. The van der Waals surface area contributed by atoms with Crippen LogP contribution in [0.5, 0.6) is 0 Å². The molecule has 17 heavy (non-hydrogen) atoms. The number of ether oxygens (including phenoxy) is 1. The van der Waals surface area contributed by atoms with Crippen LogP contribution in [0.25, 0.3) is 0 Å². The summed E-state index contributed by atoms with van der Waals surface area (Å²) in [6, 6.07) is 2.86. The van der Waals surface area contributed by atoms with Gasteiger partial charge in [0.25, 0.3) is 0 Å². The summed E-state index contributed by atoms with van der Waals surface area (Å²) in [5, 5.41) is 0.372. The van der Waals surface area contributed by atoms with Crippen LogP contribution in [0.15, 0.2) is 21.5 Å². The Kier molecular flexibility index (Phi) is 4.74. The standard InChI is InChI=1S/C10H10Br2O4S/c1-16-10(13)6-3-8(12)7(5-11)9(4-6)17(2,14)15/h3-4H,5H2,1-2H3. The van der Waals surface area contributed by atoms with Gasteiger partial charge in [0.1, 0.15) is 0 Å². The minimum atomic E-state index is -3.40. The maximum absolute atomic E-state index is 11.6. The number of carbonyl (C=O) groups is 1. The first-order chi connectivity index (χ1) is 7.81. The topological polar surface area (TPSA) is 60.4 Å². The Morgan fingerprint density at radius 2 is 2.00 bits per heavy atom. The fourth-order valence-corrected chi connectivity index (χ4v) is 4.18. The molecule has 0 aliphatic heterocycles. The average Bonchev–Trinajstić information content (AvgIpc) is 2.25. The summed E-state index contributed by atoms with van der Waals surface area (Å²) in [4.78, 5) is 11.5. The van der Waals surface area contributed by atoms with E-state index in [1.165, 1.54) is 19.2 Å². The molecule has 0 spiro atoms. The lowest BCUT2D eigenvalue weighted by atomic mass is 10.1. The molecule has 1 aromatic rings. The van der Waals surface area contributed by atoms with E-state index in [1.54, 1.807) is 0 Å². The lowest BCUT2D eigenvalue weighted by molar-refractivity contribution is 0.0600. The van der Waals surface area contributed by atoms with Gasteiger partial charge in [-0.2, -0.15) is 0 Å². The number of benzene rings is 1. The van der Waals surface area contributed by atoms with E-state index in [0.29, 0.717) is 15.4 Å². The summed E-state index contributed by atoms with van der Waals surface area (Å²) in [6.45, 7) is 0. The number of halogens is 2. The number of rotatable bonds is 3. The van der Waals surface area contributed by atoms with Gasteiger partial charge in [0.05, 0.1) is 17.6 Å². The highest BCUT2D eigenvalue weighted by atomic mass is 79.9. The molecular formula is C10H10Br2O4S. The Morgan fingerprint density at radius 3 is 2.41 bits per heavy atom. The van der Waals surface area contributed by atoms with E-state index in [2.05, 4.69) is 36.6 Å². The Balaban J connectivity index is 3.56. The summed E-state index contributed by atoms with van der Waals surface area (Å²) in [7, 11) is -2.16. The molecule has 0 radical (unpaired) electrons.